The second-order valence-corrected chi connectivity index (χ2v) is 8.61. The van der Waals surface area contributed by atoms with E-state index in [1.54, 1.807) is 52.8 Å². The number of fused-ring (bicyclic) bond motifs is 1. The molecule has 4 aromatic rings. The molecule has 2 amide bonds. The zero-order valence-electron chi connectivity index (χ0n) is 20.8. The fourth-order valence-corrected chi connectivity index (χ4v) is 4.67. The molecule has 1 aliphatic rings. The van der Waals surface area contributed by atoms with Crippen LogP contribution in [0.2, 0.25) is 0 Å². The Bertz CT molecular complexity index is 1600. The molecule has 192 valence electrons. The number of hydrogen-bond donors (Lipinski definition) is 1. The van der Waals surface area contributed by atoms with E-state index in [-0.39, 0.29) is 29.1 Å². The van der Waals surface area contributed by atoms with Crippen LogP contribution < -0.4 is 15.2 Å². The van der Waals surface area contributed by atoms with Crippen LogP contribution in [-0.4, -0.2) is 44.7 Å². The van der Waals surface area contributed by atoms with Crippen molar-refractivity contribution in [3.63, 3.8) is 0 Å². The number of nitrogens with zero attached hydrogens (tertiary/aromatic N) is 4. The van der Waals surface area contributed by atoms with Crippen molar-refractivity contribution in [2.45, 2.75) is 25.8 Å². The number of methoxy groups -OCH3 is 1. The molecule has 38 heavy (non-hydrogen) atoms. The van der Waals surface area contributed by atoms with Gasteiger partial charge in [0.25, 0.3) is 11.8 Å². The highest BCUT2D eigenvalue weighted by Crippen LogP contribution is 2.37. The number of imidazole rings is 1. The summed E-state index contributed by atoms with van der Waals surface area (Å²) in [7, 11) is 1.38. The topological polar surface area (TPSA) is 112 Å². The molecule has 1 atom stereocenters. The summed E-state index contributed by atoms with van der Waals surface area (Å²) in [4.78, 5) is 35.7. The maximum Gasteiger partial charge on any atom is 0.299 e. The predicted octanol–water partition coefficient (Wildman–Crippen LogP) is 4.12. The molecule has 1 unspecified atom stereocenters. The lowest BCUT2D eigenvalue weighted by atomic mass is 10.1. The number of carbonyl (C=O) groups is 2. The lowest BCUT2D eigenvalue weighted by Crippen LogP contribution is -2.30. The molecule has 0 spiro atoms. The van der Waals surface area contributed by atoms with E-state index in [4.69, 9.17) is 20.2 Å². The second-order valence-electron chi connectivity index (χ2n) is 8.61. The average Bonchev–Trinajstić information content (AvgIpc) is 3.55. The standard InChI is InChI=1S/C28H24FN5O4/c1-3-6-22(35)33-15-5-7-19(33)28-32-24(26-25(27(30)36)31-14-16-34(26)28)17-10-12-18(13-11-17)38-21-9-4-8-20(37-2)23(21)29/h4,8-14,16,19H,5,7,15H2,1-2H3,(H2,30,36). The maximum atomic E-state index is 14.5. The van der Waals surface area contributed by atoms with Gasteiger partial charge in [0.15, 0.2) is 17.2 Å². The van der Waals surface area contributed by atoms with E-state index >= 15 is 0 Å². The first-order chi connectivity index (χ1) is 18.4. The molecule has 2 aromatic carbocycles. The van der Waals surface area contributed by atoms with E-state index < -0.39 is 11.7 Å². The Kier molecular flexibility index (Phi) is 6.66. The van der Waals surface area contributed by atoms with Crippen molar-refractivity contribution in [2.24, 2.45) is 5.73 Å². The van der Waals surface area contributed by atoms with E-state index in [0.717, 1.165) is 6.42 Å². The van der Waals surface area contributed by atoms with Crippen LogP contribution in [0.3, 0.4) is 0 Å². The van der Waals surface area contributed by atoms with Crippen LogP contribution in [0.1, 0.15) is 42.1 Å². The number of aromatic nitrogens is 3. The Morgan fingerprint density at radius 3 is 2.63 bits per heavy atom. The van der Waals surface area contributed by atoms with Crippen LogP contribution in [0.5, 0.6) is 17.2 Å². The highest BCUT2D eigenvalue weighted by Gasteiger charge is 2.34. The quantitative estimate of drug-likeness (QED) is 0.388. The summed E-state index contributed by atoms with van der Waals surface area (Å²) in [5.41, 5.74) is 7.29. The van der Waals surface area contributed by atoms with Gasteiger partial charge in [0.1, 0.15) is 17.1 Å². The largest absolute Gasteiger partial charge is 0.494 e. The molecule has 1 fully saturated rings. The molecular weight excluding hydrogens is 489 g/mol. The van der Waals surface area contributed by atoms with Crippen LogP contribution in [0.4, 0.5) is 4.39 Å². The first kappa shape index (κ1) is 24.8. The van der Waals surface area contributed by atoms with Gasteiger partial charge in [-0.05, 0) is 62.1 Å². The summed E-state index contributed by atoms with van der Waals surface area (Å²) in [6.45, 7) is 2.18. The summed E-state index contributed by atoms with van der Waals surface area (Å²) in [6, 6.07) is 11.1. The summed E-state index contributed by atoms with van der Waals surface area (Å²) in [6.07, 6.45) is 4.67. The lowest BCUT2D eigenvalue weighted by Gasteiger charge is -2.21. The Morgan fingerprint density at radius 2 is 1.92 bits per heavy atom. The molecule has 3 heterocycles. The van der Waals surface area contributed by atoms with Crippen LogP contribution in [0, 0.1) is 17.7 Å². The van der Waals surface area contributed by atoms with Crippen LogP contribution in [0.15, 0.2) is 54.9 Å². The van der Waals surface area contributed by atoms with E-state index in [1.807, 2.05) is 0 Å². The third kappa shape index (κ3) is 4.39. The number of amides is 2. The number of carbonyl (C=O) groups excluding carboxylic acids is 2. The lowest BCUT2D eigenvalue weighted by molar-refractivity contribution is -0.126. The van der Waals surface area contributed by atoms with Crippen LogP contribution >= 0.6 is 0 Å². The summed E-state index contributed by atoms with van der Waals surface area (Å²) in [5.74, 6) is 4.76. The van der Waals surface area contributed by atoms with Gasteiger partial charge in [0.2, 0.25) is 5.82 Å². The molecule has 9 nitrogen and oxygen atoms in total. The van der Waals surface area contributed by atoms with E-state index in [0.29, 0.717) is 41.3 Å². The summed E-state index contributed by atoms with van der Waals surface area (Å²) < 4.78 is 27.0. The number of primary amides is 1. The zero-order valence-corrected chi connectivity index (χ0v) is 20.8. The van der Waals surface area contributed by atoms with Crippen LogP contribution in [-0.2, 0) is 4.79 Å². The van der Waals surface area contributed by atoms with Gasteiger partial charge in [-0.25, -0.2) is 9.97 Å². The fourth-order valence-electron chi connectivity index (χ4n) is 4.67. The molecule has 1 saturated heterocycles. The molecule has 5 rings (SSSR count). The highest BCUT2D eigenvalue weighted by atomic mass is 19.1. The van der Waals surface area contributed by atoms with Crippen molar-refractivity contribution in [3.8, 4) is 40.3 Å². The number of likely N-dealkylation sites (tertiary alicyclic amines) is 1. The normalized spacial score (nSPS) is 14.7. The molecule has 10 heteroatoms. The van der Waals surface area contributed by atoms with Crippen molar-refractivity contribution >= 4 is 17.3 Å². The number of ether oxygens (including phenoxy) is 2. The Labute approximate surface area is 218 Å². The SMILES string of the molecule is CC#CC(=O)N1CCCC1c1nc(-c2ccc(Oc3cccc(OC)c3F)cc2)c2c(C(N)=O)nccn12. The van der Waals surface area contributed by atoms with Crippen molar-refractivity contribution in [1.82, 2.24) is 19.3 Å². The maximum absolute atomic E-state index is 14.5. The minimum atomic E-state index is -0.701. The fraction of sp³-hybridized carbons (Fsp3) is 0.214. The Balaban J connectivity index is 1.57. The van der Waals surface area contributed by atoms with Gasteiger partial charge in [-0.2, -0.15) is 4.39 Å². The Hall–Kier alpha value is -4.91. The van der Waals surface area contributed by atoms with Gasteiger partial charge in [-0.1, -0.05) is 12.0 Å². The van der Waals surface area contributed by atoms with E-state index in [1.165, 1.54) is 25.4 Å². The average molecular weight is 514 g/mol. The molecule has 2 N–H and O–H groups in total. The summed E-state index contributed by atoms with van der Waals surface area (Å²) >= 11 is 0. The zero-order chi connectivity index (χ0) is 26.8. The number of hydrogen-bond acceptors (Lipinski definition) is 6. The number of nitrogens with two attached hydrogens (primary N) is 1. The second kappa shape index (κ2) is 10.2. The van der Waals surface area contributed by atoms with Gasteiger partial charge in [-0.15, -0.1) is 0 Å². The number of benzene rings is 2. The highest BCUT2D eigenvalue weighted by molar-refractivity contribution is 6.01. The first-order valence-corrected chi connectivity index (χ1v) is 11.9. The van der Waals surface area contributed by atoms with Crippen molar-refractivity contribution < 1.29 is 23.5 Å². The third-order valence-corrected chi connectivity index (χ3v) is 6.36. The molecule has 0 aliphatic carbocycles. The molecule has 0 bridgehead atoms. The minimum Gasteiger partial charge on any atom is -0.494 e. The predicted molar refractivity (Wildman–Crippen MR) is 137 cm³/mol. The minimum absolute atomic E-state index is 0.0215. The van der Waals surface area contributed by atoms with Crippen molar-refractivity contribution in [2.75, 3.05) is 13.7 Å². The molecule has 0 saturated carbocycles. The van der Waals surface area contributed by atoms with Crippen LogP contribution in [0.25, 0.3) is 16.8 Å². The monoisotopic (exact) mass is 513 g/mol. The number of rotatable bonds is 6. The molecule has 1 aliphatic heterocycles. The smallest absolute Gasteiger partial charge is 0.299 e. The number of halogens is 1. The molecular formula is C28H24FN5O4. The molecule has 2 aromatic heterocycles. The Morgan fingerprint density at radius 1 is 1.16 bits per heavy atom. The first-order valence-electron chi connectivity index (χ1n) is 11.9. The third-order valence-electron chi connectivity index (χ3n) is 6.36. The van der Waals surface area contributed by atoms with Crippen molar-refractivity contribution in [3.05, 3.63) is 72.2 Å². The molecule has 0 radical (unpaired) electrons. The van der Waals surface area contributed by atoms with Gasteiger partial charge >= 0.3 is 0 Å². The van der Waals surface area contributed by atoms with E-state index in [9.17, 15) is 14.0 Å². The van der Waals surface area contributed by atoms with Gasteiger partial charge in [-0.3, -0.25) is 14.0 Å². The van der Waals surface area contributed by atoms with E-state index in [2.05, 4.69) is 16.8 Å². The van der Waals surface area contributed by atoms with Gasteiger partial charge in [0.05, 0.1) is 18.8 Å². The van der Waals surface area contributed by atoms with Gasteiger partial charge in [0, 0.05) is 24.5 Å². The van der Waals surface area contributed by atoms with Gasteiger partial charge < -0.3 is 20.1 Å². The summed E-state index contributed by atoms with van der Waals surface area (Å²) in [5, 5.41) is 0. The van der Waals surface area contributed by atoms with Crippen molar-refractivity contribution in [1.29, 1.82) is 0 Å².